The molecule has 1 saturated carbocycles. The van der Waals surface area contributed by atoms with E-state index in [1.165, 1.54) is 25.7 Å². The van der Waals surface area contributed by atoms with Crippen LogP contribution in [0.25, 0.3) is 0 Å². The van der Waals surface area contributed by atoms with Gasteiger partial charge in [0.1, 0.15) is 5.82 Å². The molecule has 4 nitrogen and oxygen atoms in total. The molecule has 0 spiro atoms. The molecule has 0 aromatic heterocycles. The molecule has 1 fully saturated rings. The van der Waals surface area contributed by atoms with E-state index in [9.17, 15) is 9.18 Å². The van der Waals surface area contributed by atoms with Crippen LogP contribution in [0.5, 0.6) is 0 Å². The molecule has 0 amide bonds. The Hall–Kier alpha value is -1.62. The Labute approximate surface area is 118 Å². The highest BCUT2D eigenvalue weighted by Gasteiger charge is 2.25. The van der Waals surface area contributed by atoms with Crippen LogP contribution >= 0.6 is 0 Å². The van der Waals surface area contributed by atoms with Gasteiger partial charge in [-0.15, -0.1) is 0 Å². The molecule has 1 aliphatic rings. The lowest BCUT2D eigenvalue weighted by Gasteiger charge is -2.32. The van der Waals surface area contributed by atoms with Crippen LogP contribution in [-0.4, -0.2) is 25.7 Å². The summed E-state index contributed by atoms with van der Waals surface area (Å²) in [6.07, 6.45) is 4.43. The van der Waals surface area contributed by atoms with Gasteiger partial charge in [-0.1, -0.05) is 12.8 Å². The van der Waals surface area contributed by atoms with Crippen molar-refractivity contribution in [2.24, 2.45) is 11.7 Å². The van der Waals surface area contributed by atoms with Gasteiger partial charge in [-0.2, -0.15) is 0 Å². The number of hydrogen-bond donors (Lipinski definition) is 2. The van der Waals surface area contributed by atoms with E-state index < -0.39 is 11.8 Å². The van der Waals surface area contributed by atoms with Gasteiger partial charge in [0.05, 0.1) is 12.7 Å². The molecule has 0 bridgehead atoms. The fourth-order valence-corrected chi connectivity index (χ4v) is 2.80. The summed E-state index contributed by atoms with van der Waals surface area (Å²) in [5.41, 5.74) is 6.65. The first kappa shape index (κ1) is 14.8. The molecule has 0 heterocycles. The zero-order valence-corrected chi connectivity index (χ0v) is 11.7. The van der Waals surface area contributed by atoms with Crippen LogP contribution in [-0.2, 0) is 4.74 Å². The van der Waals surface area contributed by atoms with Gasteiger partial charge in [-0.05, 0) is 43.5 Å². The number of carbonyl (C=O) groups is 1. The Balaban J connectivity index is 2.21. The monoisotopic (exact) mass is 280 g/mol. The van der Waals surface area contributed by atoms with Crippen molar-refractivity contribution >= 4 is 11.7 Å². The van der Waals surface area contributed by atoms with E-state index in [4.69, 9.17) is 10.5 Å². The standard InChI is InChI=1S/C15H21FN2O2/c1-20-15(19)12-8-11(16)6-7-14(12)18-13-5-3-2-4-10(13)9-17/h6-8,10,13,18H,2-5,9,17H2,1H3. The number of rotatable bonds is 4. The number of benzene rings is 1. The quantitative estimate of drug-likeness (QED) is 0.832. The fourth-order valence-electron chi connectivity index (χ4n) is 2.80. The van der Waals surface area contributed by atoms with Gasteiger partial charge in [0, 0.05) is 11.7 Å². The van der Waals surface area contributed by atoms with Gasteiger partial charge in [0.15, 0.2) is 0 Å². The number of ether oxygens (including phenoxy) is 1. The van der Waals surface area contributed by atoms with E-state index in [1.807, 2.05) is 0 Å². The first-order valence-corrected chi connectivity index (χ1v) is 7.00. The minimum absolute atomic E-state index is 0.225. The van der Waals surface area contributed by atoms with E-state index in [0.29, 0.717) is 18.2 Å². The summed E-state index contributed by atoms with van der Waals surface area (Å²) < 4.78 is 18.0. The fraction of sp³-hybridized carbons (Fsp3) is 0.533. The Morgan fingerprint density at radius 3 is 2.90 bits per heavy atom. The van der Waals surface area contributed by atoms with Gasteiger partial charge in [0.25, 0.3) is 0 Å². The second-order valence-electron chi connectivity index (χ2n) is 5.21. The summed E-state index contributed by atoms with van der Waals surface area (Å²) in [7, 11) is 1.29. The van der Waals surface area contributed by atoms with Crippen molar-refractivity contribution in [3.63, 3.8) is 0 Å². The lowest BCUT2D eigenvalue weighted by molar-refractivity contribution is 0.0601. The van der Waals surface area contributed by atoms with Gasteiger partial charge in [0.2, 0.25) is 0 Å². The molecule has 2 unspecified atom stereocenters. The SMILES string of the molecule is COC(=O)c1cc(F)ccc1NC1CCCCC1CN. The van der Waals surface area contributed by atoms with Gasteiger partial charge >= 0.3 is 5.97 Å². The Morgan fingerprint density at radius 2 is 2.20 bits per heavy atom. The zero-order valence-electron chi connectivity index (χ0n) is 11.7. The van der Waals surface area contributed by atoms with Crippen LogP contribution < -0.4 is 11.1 Å². The maximum absolute atomic E-state index is 13.3. The van der Waals surface area contributed by atoms with E-state index in [0.717, 1.165) is 19.3 Å². The molecular weight excluding hydrogens is 259 g/mol. The normalized spacial score (nSPS) is 22.4. The van der Waals surface area contributed by atoms with Crippen molar-refractivity contribution in [3.05, 3.63) is 29.6 Å². The van der Waals surface area contributed by atoms with Crippen molar-refractivity contribution in [1.82, 2.24) is 0 Å². The summed E-state index contributed by atoms with van der Waals surface area (Å²) in [5.74, 6) is -0.596. The predicted octanol–water partition coefficient (Wildman–Crippen LogP) is 2.54. The number of halogens is 1. The molecule has 1 aliphatic carbocycles. The minimum atomic E-state index is -0.535. The lowest BCUT2D eigenvalue weighted by atomic mass is 9.84. The smallest absolute Gasteiger partial charge is 0.340 e. The molecule has 0 saturated heterocycles. The van der Waals surface area contributed by atoms with Crippen LogP contribution in [0, 0.1) is 11.7 Å². The van der Waals surface area contributed by atoms with Crippen molar-refractivity contribution in [2.45, 2.75) is 31.7 Å². The van der Waals surface area contributed by atoms with Gasteiger partial charge in [-0.25, -0.2) is 9.18 Å². The maximum atomic E-state index is 13.3. The maximum Gasteiger partial charge on any atom is 0.340 e. The Morgan fingerprint density at radius 1 is 1.45 bits per heavy atom. The predicted molar refractivity (Wildman–Crippen MR) is 76.2 cm³/mol. The van der Waals surface area contributed by atoms with E-state index in [-0.39, 0.29) is 11.6 Å². The summed E-state index contributed by atoms with van der Waals surface area (Å²) >= 11 is 0. The summed E-state index contributed by atoms with van der Waals surface area (Å²) in [6, 6.07) is 4.36. The Bertz CT molecular complexity index is 479. The highest BCUT2D eigenvalue weighted by atomic mass is 19.1. The number of carbonyl (C=O) groups excluding carboxylic acids is 1. The van der Waals surface area contributed by atoms with E-state index >= 15 is 0 Å². The average Bonchev–Trinajstić information content (AvgIpc) is 2.48. The third-order valence-corrected chi connectivity index (χ3v) is 3.94. The third kappa shape index (κ3) is 3.28. The van der Waals surface area contributed by atoms with Crippen LogP contribution in [0.4, 0.5) is 10.1 Å². The summed E-state index contributed by atoms with van der Waals surface area (Å²) in [4.78, 5) is 11.7. The van der Waals surface area contributed by atoms with Gasteiger partial charge in [-0.3, -0.25) is 0 Å². The van der Waals surface area contributed by atoms with Crippen molar-refractivity contribution in [2.75, 3.05) is 19.0 Å². The van der Waals surface area contributed by atoms with E-state index in [1.54, 1.807) is 6.07 Å². The van der Waals surface area contributed by atoms with Crippen LogP contribution in [0.2, 0.25) is 0 Å². The van der Waals surface area contributed by atoms with Gasteiger partial charge < -0.3 is 15.8 Å². The molecule has 20 heavy (non-hydrogen) atoms. The van der Waals surface area contributed by atoms with E-state index in [2.05, 4.69) is 5.32 Å². The third-order valence-electron chi connectivity index (χ3n) is 3.94. The second-order valence-corrected chi connectivity index (χ2v) is 5.21. The minimum Gasteiger partial charge on any atom is -0.465 e. The first-order chi connectivity index (χ1) is 9.65. The van der Waals surface area contributed by atoms with Crippen LogP contribution in [0.15, 0.2) is 18.2 Å². The molecule has 0 aliphatic heterocycles. The number of nitrogens with one attached hydrogen (secondary N) is 1. The van der Waals surface area contributed by atoms with Crippen molar-refractivity contribution in [1.29, 1.82) is 0 Å². The highest BCUT2D eigenvalue weighted by molar-refractivity contribution is 5.95. The number of hydrogen-bond acceptors (Lipinski definition) is 4. The lowest BCUT2D eigenvalue weighted by Crippen LogP contribution is -2.37. The molecule has 2 rings (SSSR count). The topological polar surface area (TPSA) is 64.3 Å². The molecule has 2 atom stereocenters. The largest absolute Gasteiger partial charge is 0.465 e. The molecule has 1 aromatic rings. The molecule has 110 valence electrons. The molecule has 1 aromatic carbocycles. The first-order valence-electron chi connectivity index (χ1n) is 7.00. The second kappa shape index (κ2) is 6.70. The number of nitrogens with two attached hydrogens (primary N) is 1. The average molecular weight is 280 g/mol. The van der Waals surface area contributed by atoms with Crippen molar-refractivity contribution in [3.8, 4) is 0 Å². The number of esters is 1. The Kier molecular flexibility index (Phi) is 4.95. The number of methoxy groups -OCH3 is 1. The molecule has 3 N–H and O–H groups in total. The number of anilines is 1. The molecule has 0 radical (unpaired) electrons. The summed E-state index contributed by atoms with van der Waals surface area (Å²) in [6.45, 7) is 0.617. The van der Waals surface area contributed by atoms with Crippen molar-refractivity contribution < 1.29 is 13.9 Å². The zero-order chi connectivity index (χ0) is 14.5. The van der Waals surface area contributed by atoms with Crippen LogP contribution in [0.1, 0.15) is 36.0 Å². The molecule has 5 heteroatoms. The summed E-state index contributed by atoms with van der Waals surface area (Å²) in [5, 5.41) is 3.35. The van der Waals surface area contributed by atoms with Crippen LogP contribution in [0.3, 0.4) is 0 Å². The highest BCUT2D eigenvalue weighted by Crippen LogP contribution is 2.28. The molecular formula is C15H21FN2O2.